The molecule has 0 aromatic heterocycles. The zero-order valence-electron chi connectivity index (χ0n) is 14.3. The standard InChI is InChI=1S/C19H24N2O3/c1-23-18-7-8-19(24-2)15(13-18)14-20-9-11-21(12-10-20)16-3-5-17(22)6-4-16/h3-8,13,22H,9-12,14H2,1-2H3/p+1. The van der Waals surface area contributed by atoms with Crippen LogP contribution < -0.4 is 19.3 Å². The summed E-state index contributed by atoms with van der Waals surface area (Å²) in [6.07, 6.45) is 0. The minimum absolute atomic E-state index is 0.313. The lowest BCUT2D eigenvalue weighted by atomic mass is 10.1. The summed E-state index contributed by atoms with van der Waals surface area (Å²) in [6.45, 7) is 5.09. The Morgan fingerprint density at radius 3 is 2.33 bits per heavy atom. The molecule has 1 aliphatic heterocycles. The van der Waals surface area contributed by atoms with Crippen molar-refractivity contribution in [1.29, 1.82) is 0 Å². The van der Waals surface area contributed by atoms with E-state index in [9.17, 15) is 5.11 Å². The summed E-state index contributed by atoms with van der Waals surface area (Å²) >= 11 is 0. The molecule has 128 valence electrons. The van der Waals surface area contributed by atoms with Gasteiger partial charge in [0.2, 0.25) is 0 Å². The Kier molecular flexibility index (Phi) is 5.11. The number of ether oxygens (including phenoxy) is 2. The number of piperazine rings is 1. The molecule has 5 heteroatoms. The van der Waals surface area contributed by atoms with Gasteiger partial charge in [-0.25, -0.2) is 0 Å². The second-order valence-electron chi connectivity index (χ2n) is 6.11. The molecule has 0 saturated carbocycles. The first-order chi connectivity index (χ1) is 11.7. The van der Waals surface area contributed by atoms with E-state index in [1.54, 1.807) is 26.4 Å². The maximum atomic E-state index is 9.41. The van der Waals surface area contributed by atoms with E-state index in [-0.39, 0.29) is 0 Å². The Bertz CT molecular complexity index is 665. The Morgan fingerprint density at radius 2 is 1.71 bits per heavy atom. The van der Waals surface area contributed by atoms with E-state index >= 15 is 0 Å². The molecule has 2 aromatic rings. The molecule has 1 fully saturated rings. The third-order valence-corrected chi connectivity index (χ3v) is 4.61. The Labute approximate surface area is 143 Å². The van der Waals surface area contributed by atoms with Gasteiger partial charge in [-0.2, -0.15) is 0 Å². The van der Waals surface area contributed by atoms with Crippen LogP contribution in [0.15, 0.2) is 42.5 Å². The van der Waals surface area contributed by atoms with E-state index in [0.29, 0.717) is 5.75 Å². The lowest BCUT2D eigenvalue weighted by Crippen LogP contribution is -3.13. The maximum absolute atomic E-state index is 9.41. The largest absolute Gasteiger partial charge is 0.508 e. The first-order valence-corrected chi connectivity index (χ1v) is 8.28. The highest BCUT2D eigenvalue weighted by Gasteiger charge is 2.21. The average molecular weight is 329 g/mol. The molecule has 2 aromatic carbocycles. The predicted octanol–water partition coefficient (Wildman–Crippen LogP) is 1.31. The van der Waals surface area contributed by atoms with Crippen molar-refractivity contribution >= 4 is 5.69 Å². The molecule has 5 nitrogen and oxygen atoms in total. The van der Waals surface area contributed by atoms with E-state index in [1.165, 1.54) is 16.2 Å². The fourth-order valence-electron chi connectivity index (χ4n) is 3.21. The molecule has 0 aliphatic carbocycles. The topological polar surface area (TPSA) is 46.4 Å². The highest BCUT2D eigenvalue weighted by atomic mass is 16.5. The second kappa shape index (κ2) is 7.45. The number of methoxy groups -OCH3 is 2. The average Bonchev–Trinajstić information content (AvgIpc) is 2.63. The van der Waals surface area contributed by atoms with Crippen LogP contribution in [-0.4, -0.2) is 45.5 Å². The lowest BCUT2D eigenvalue weighted by molar-refractivity contribution is -0.914. The lowest BCUT2D eigenvalue weighted by Gasteiger charge is -2.34. The fraction of sp³-hybridized carbons (Fsp3) is 0.368. The van der Waals surface area contributed by atoms with E-state index in [2.05, 4.69) is 11.0 Å². The Hall–Kier alpha value is -2.40. The molecule has 2 N–H and O–H groups in total. The number of nitrogens with one attached hydrogen (secondary N) is 1. The minimum Gasteiger partial charge on any atom is -0.508 e. The van der Waals surface area contributed by atoms with Crippen LogP contribution >= 0.6 is 0 Å². The highest BCUT2D eigenvalue weighted by Crippen LogP contribution is 2.23. The van der Waals surface area contributed by atoms with Crippen LogP contribution in [0.3, 0.4) is 0 Å². The van der Waals surface area contributed by atoms with E-state index in [0.717, 1.165) is 44.2 Å². The number of phenols is 1. The molecular formula is C19H25N2O3+. The zero-order chi connectivity index (χ0) is 16.9. The van der Waals surface area contributed by atoms with Crippen LogP contribution in [-0.2, 0) is 6.54 Å². The van der Waals surface area contributed by atoms with Crippen LogP contribution in [0, 0.1) is 0 Å². The van der Waals surface area contributed by atoms with Gasteiger partial charge in [0.15, 0.2) is 0 Å². The van der Waals surface area contributed by atoms with Crippen molar-refractivity contribution < 1.29 is 19.5 Å². The number of hydrogen-bond acceptors (Lipinski definition) is 4. The summed E-state index contributed by atoms with van der Waals surface area (Å²) in [6, 6.07) is 13.4. The fourth-order valence-corrected chi connectivity index (χ4v) is 3.21. The summed E-state index contributed by atoms with van der Waals surface area (Å²) in [5.74, 6) is 2.10. The molecule has 3 rings (SSSR count). The van der Waals surface area contributed by atoms with E-state index in [1.807, 2.05) is 24.3 Å². The first-order valence-electron chi connectivity index (χ1n) is 8.28. The molecule has 24 heavy (non-hydrogen) atoms. The zero-order valence-corrected chi connectivity index (χ0v) is 14.3. The third kappa shape index (κ3) is 3.74. The molecule has 1 aliphatic rings. The molecule has 1 heterocycles. The molecule has 0 bridgehead atoms. The first kappa shape index (κ1) is 16.5. The van der Waals surface area contributed by atoms with Gasteiger partial charge in [0.05, 0.1) is 46.0 Å². The van der Waals surface area contributed by atoms with Crippen LogP contribution in [0.25, 0.3) is 0 Å². The number of nitrogens with zero attached hydrogens (tertiary/aromatic N) is 1. The molecule has 0 radical (unpaired) electrons. The van der Waals surface area contributed by atoms with Crippen molar-refractivity contribution in [3.8, 4) is 17.2 Å². The smallest absolute Gasteiger partial charge is 0.127 e. The van der Waals surface area contributed by atoms with Gasteiger partial charge in [-0.1, -0.05) is 0 Å². The number of rotatable bonds is 5. The number of anilines is 1. The maximum Gasteiger partial charge on any atom is 0.127 e. The number of phenolic OH excluding ortho intramolecular Hbond substituents is 1. The monoisotopic (exact) mass is 329 g/mol. The Morgan fingerprint density at radius 1 is 1.00 bits per heavy atom. The number of benzene rings is 2. The van der Waals surface area contributed by atoms with Crippen molar-refractivity contribution in [2.75, 3.05) is 45.3 Å². The Balaban J connectivity index is 1.62. The summed E-state index contributed by atoms with van der Waals surface area (Å²) in [5.41, 5.74) is 2.36. The highest BCUT2D eigenvalue weighted by molar-refractivity contribution is 5.49. The molecule has 0 atom stereocenters. The van der Waals surface area contributed by atoms with Crippen LogP contribution in [0.4, 0.5) is 5.69 Å². The van der Waals surface area contributed by atoms with Crippen LogP contribution in [0.5, 0.6) is 17.2 Å². The second-order valence-corrected chi connectivity index (χ2v) is 6.11. The van der Waals surface area contributed by atoms with Gasteiger partial charge in [0, 0.05) is 5.69 Å². The molecular weight excluding hydrogens is 304 g/mol. The molecule has 0 spiro atoms. The van der Waals surface area contributed by atoms with Gasteiger partial charge in [0.1, 0.15) is 23.8 Å². The summed E-state index contributed by atoms with van der Waals surface area (Å²) < 4.78 is 10.8. The molecule has 0 amide bonds. The third-order valence-electron chi connectivity index (χ3n) is 4.61. The van der Waals surface area contributed by atoms with Gasteiger partial charge >= 0.3 is 0 Å². The summed E-state index contributed by atoms with van der Waals surface area (Å²) in [7, 11) is 3.40. The number of quaternary nitrogens is 1. The van der Waals surface area contributed by atoms with Crippen LogP contribution in [0.2, 0.25) is 0 Å². The van der Waals surface area contributed by atoms with E-state index < -0.39 is 0 Å². The van der Waals surface area contributed by atoms with Crippen LogP contribution in [0.1, 0.15) is 5.56 Å². The summed E-state index contributed by atoms with van der Waals surface area (Å²) in [5, 5.41) is 9.41. The molecule has 1 saturated heterocycles. The minimum atomic E-state index is 0.313. The quantitative estimate of drug-likeness (QED) is 0.868. The predicted molar refractivity (Wildman–Crippen MR) is 94.3 cm³/mol. The number of hydrogen-bond donors (Lipinski definition) is 2. The SMILES string of the molecule is COc1ccc(OC)c(C[NH+]2CCN(c3ccc(O)cc3)CC2)c1. The van der Waals surface area contributed by atoms with Crippen molar-refractivity contribution in [2.24, 2.45) is 0 Å². The van der Waals surface area contributed by atoms with Gasteiger partial charge < -0.3 is 24.4 Å². The van der Waals surface area contributed by atoms with Gasteiger partial charge in [-0.05, 0) is 42.5 Å². The van der Waals surface area contributed by atoms with E-state index in [4.69, 9.17) is 9.47 Å². The van der Waals surface area contributed by atoms with Crippen molar-refractivity contribution in [3.63, 3.8) is 0 Å². The van der Waals surface area contributed by atoms with Crippen molar-refractivity contribution in [2.45, 2.75) is 6.54 Å². The van der Waals surface area contributed by atoms with Gasteiger partial charge in [0.25, 0.3) is 0 Å². The normalized spacial score (nSPS) is 15.3. The van der Waals surface area contributed by atoms with Crippen molar-refractivity contribution in [1.82, 2.24) is 0 Å². The van der Waals surface area contributed by atoms with Gasteiger partial charge in [-0.3, -0.25) is 0 Å². The summed E-state index contributed by atoms with van der Waals surface area (Å²) in [4.78, 5) is 3.91. The van der Waals surface area contributed by atoms with Crippen molar-refractivity contribution in [3.05, 3.63) is 48.0 Å². The number of aromatic hydroxyl groups is 1. The molecule has 0 unspecified atom stereocenters. The van der Waals surface area contributed by atoms with Gasteiger partial charge in [-0.15, -0.1) is 0 Å².